The first-order valence-electron chi connectivity index (χ1n) is 6.41. The van der Waals surface area contributed by atoms with Gasteiger partial charge in [-0.05, 0) is 13.8 Å². The second-order valence-corrected chi connectivity index (χ2v) is 5.99. The van der Waals surface area contributed by atoms with Crippen LogP contribution in [0, 0.1) is 13.8 Å². The second-order valence-electron chi connectivity index (χ2n) is 4.99. The summed E-state index contributed by atoms with van der Waals surface area (Å²) in [7, 11) is 3.66. The van der Waals surface area contributed by atoms with Crippen molar-refractivity contribution in [2.75, 3.05) is 11.1 Å². The van der Waals surface area contributed by atoms with Crippen molar-refractivity contribution in [2.45, 2.75) is 13.8 Å². The number of thiophene rings is 1. The number of hydrogen-bond donors (Lipinski definition) is 2. The Morgan fingerprint density at radius 3 is 2.57 bits per heavy atom. The van der Waals surface area contributed by atoms with Crippen molar-refractivity contribution in [3.05, 3.63) is 22.5 Å². The molecule has 0 aliphatic heterocycles. The fourth-order valence-electron chi connectivity index (χ4n) is 2.40. The maximum Gasteiger partial charge on any atom is 0.268 e. The molecule has 8 heteroatoms. The van der Waals surface area contributed by atoms with Crippen molar-refractivity contribution in [1.29, 1.82) is 0 Å². The summed E-state index contributed by atoms with van der Waals surface area (Å²) in [5.41, 5.74) is 8.90. The quantitative estimate of drug-likeness (QED) is 0.755. The van der Waals surface area contributed by atoms with Gasteiger partial charge in [0.2, 0.25) is 0 Å². The molecule has 7 nitrogen and oxygen atoms in total. The van der Waals surface area contributed by atoms with Crippen molar-refractivity contribution in [1.82, 2.24) is 19.6 Å². The van der Waals surface area contributed by atoms with Crippen LogP contribution in [0.1, 0.15) is 21.1 Å². The van der Waals surface area contributed by atoms with Gasteiger partial charge in [-0.3, -0.25) is 14.2 Å². The van der Waals surface area contributed by atoms with Crippen LogP contribution in [0.15, 0.2) is 6.20 Å². The van der Waals surface area contributed by atoms with Crippen LogP contribution in [0.4, 0.5) is 11.4 Å². The largest absolute Gasteiger partial charge is 0.397 e. The highest BCUT2D eigenvalue weighted by molar-refractivity contribution is 7.21. The first-order chi connectivity index (χ1) is 9.88. The van der Waals surface area contributed by atoms with Crippen LogP contribution in [0.3, 0.4) is 0 Å². The van der Waals surface area contributed by atoms with E-state index in [1.54, 1.807) is 15.6 Å². The maximum atomic E-state index is 12.4. The molecule has 0 atom stereocenters. The maximum absolute atomic E-state index is 12.4. The van der Waals surface area contributed by atoms with E-state index in [0.717, 1.165) is 21.6 Å². The lowest BCUT2D eigenvalue weighted by Gasteiger charge is -2.02. The van der Waals surface area contributed by atoms with Crippen molar-refractivity contribution < 1.29 is 4.79 Å². The summed E-state index contributed by atoms with van der Waals surface area (Å²) in [4.78, 5) is 13.8. The van der Waals surface area contributed by atoms with Crippen LogP contribution < -0.4 is 11.1 Å². The molecular formula is C13H16N6OS. The van der Waals surface area contributed by atoms with E-state index in [4.69, 9.17) is 5.73 Å². The molecule has 1 amide bonds. The molecular weight excluding hydrogens is 288 g/mol. The molecule has 3 N–H and O–H groups in total. The SMILES string of the molecule is Cc1nn(C)cc1NC(=O)c1sc2c(c(C)nn2C)c1N. The standard InChI is InChI=1S/C13H16N6OS/c1-6-8(5-18(3)16-6)15-12(20)11-10(14)9-7(2)17-19(4)13(9)21-11/h5H,14H2,1-4H3,(H,15,20). The predicted molar refractivity (Wildman–Crippen MR) is 83.6 cm³/mol. The summed E-state index contributed by atoms with van der Waals surface area (Å²) in [6, 6.07) is 0. The number of anilines is 2. The van der Waals surface area contributed by atoms with Crippen LogP contribution in [-0.4, -0.2) is 25.5 Å². The van der Waals surface area contributed by atoms with Gasteiger partial charge in [-0.25, -0.2) is 0 Å². The Morgan fingerprint density at radius 1 is 1.29 bits per heavy atom. The van der Waals surface area contributed by atoms with Crippen molar-refractivity contribution in [3.63, 3.8) is 0 Å². The fraction of sp³-hybridized carbons (Fsp3) is 0.308. The number of nitrogens with two attached hydrogens (primary N) is 1. The molecule has 0 unspecified atom stereocenters. The predicted octanol–water partition coefficient (Wildman–Crippen LogP) is 1.82. The number of carbonyl (C=O) groups is 1. The Kier molecular flexibility index (Phi) is 2.98. The van der Waals surface area contributed by atoms with Gasteiger partial charge in [0, 0.05) is 20.3 Å². The van der Waals surface area contributed by atoms with E-state index in [0.29, 0.717) is 16.3 Å². The third-order valence-electron chi connectivity index (χ3n) is 3.35. The lowest BCUT2D eigenvalue weighted by atomic mass is 10.2. The highest BCUT2D eigenvalue weighted by atomic mass is 32.1. The zero-order valence-electron chi connectivity index (χ0n) is 12.3. The van der Waals surface area contributed by atoms with Gasteiger partial charge < -0.3 is 11.1 Å². The molecule has 21 heavy (non-hydrogen) atoms. The van der Waals surface area contributed by atoms with Gasteiger partial charge >= 0.3 is 0 Å². The molecule has 3 aromatic heterocycles. The number of amides is 1. The number of carbonyl (C=O) groups excluding carboxylic acids is 1. The van der Waals surface area contributed by atoms with Crippen LogP contribution >= 0.6 is 11.3 Å². The van der Waals surface area contributed by atoms with E-state index >= 15 is 0 Å². The minimum Gasteiger partial charge on any atom is -0.397 e. The number of nitrogen functional groups attached to an aromatic ring is 1. The number of hydrogen-bond acceptors (Lipinski definition) is 5. The van der Waals surface area contributed by atoms with Crippen LogP contribution in [0.25, 0.3) is 10.2 Å². The minimum atomic E-state index is -0.218. The molecule has 0 saturated carbocycles. The second kappa shape index (κ2) is 4.59. The number of aromatic nitrogens is 4. The van der Waals surface area contributed by atoms with Crippen LogP contribution in [-0.2, 0) is 14.1 Å². The zero-order chi connectivity index (χ0) is 15.3. The molecule has 3 heterocycles. The molecule has 0 aliphatic carbocycles. The molecule has 0 spiro atoms. The molecule has 110 valence electrons. The summed E-state index contributed by atoms with van der Waals surface area (Å²) in [6.07, 6.45) is 1.77. The van der Waals surface area contributed by atoms with E-state index in [1.807, 2.05) is 27.9 Å². The van der Waals surface area contributed by atoms with Gasteiger partial charge in [0.05, 0.1) is 28.1 Å². The van der Waals surface area contributed by atoms with E-state index < -0.39 is 0 Å². The Balaban J connectivity index is 2.00. The van der Waals surface area contributed by atoms with E-state index in [-0.39, 0.29) is 5.91 Å². The highest BCUT2D eigenvalue weighted by Crippen LogP contribution is 2.35. The van der Waals surface area contributed by atoms with Gasteiger partial charge in [0.1, 0.15) is 9.71 Å². The topological polar surface area (TPSA) is 90.8 Å². The average molecular weight is 304 g/mol. The molecule has 0 aliphatic rings. The summed E-state index contributed by atoms with van der Waals surface area (Å²) >= 11 is 1.35. The summed E-state index contributed by atoms with van der Waals surface area (Å²) < 4.78 is 3.41. The van der Waals surface area contributed by atoms with Crippen molar-refractivity contribution >= 4 is 38.8 Å². The molecule has 3 rings (SSSR count). The number of nitrogens with zero attached hydrogens (tertiary/aromatic N) is 4. The van der Waals surface area contributed by atoms with Crippen molar-refractivity contribution in [2.24, 2.45) is 14.1 Å². The number of aryl methyl sites for hydroxylation is 4. The number of nitrogens with one attached hydrogen (secondary N) is 1. The highest BCUT2D eigenvalue weighted by Gasteiger charge is 2.21. The molecule has 0 radical (unpaired) electrons. The minimum absolute atomic E-state index is 0.218. The Labute approximate surface area is 125 Å². The third-order valence-corrected chi connectivity index (χ3v) is 4.62. The van der Waals surface area contributed by atoms with Gasteiger partial charge in [-0.15, -0.1) is 11.3 Å². The fourth-order valence-corrected chi connectivity index (χ4v) is 3.48. The Morgan fingerprint density at radius 2 is 2.00 bits per heavy atom. The molecule has 0 bridgehead atoms. The zero-order valence-corrected chi connectivity index (χ0v) is 13.1. The van der Waals surface area contributed by atoms with Crippen LogP contribution in [0.5, 0.6) is 0 Å². The monoisotopic (exact) mass is 304 g/mol. The van der Waals surface area contributed by atoms with Gasteiger partial charge in [0.15, 0.2) is 0 Å². The van der Waals surface area contributed by atoms with Crippen LogP contribution in [0.2, 0.25) is 0 Å². The molecule has 0 aromatic carbocycles. The van der Waals surface area contributed by atoms with E-state index in [9.17, 15) is 4.79 Å². The first kappa shape index (κ1) is 13.6. The van der Waals surface area contributed by atoms with Crippen molar-refractivity contribution in [3.8, 4) is 0 Å². The number of rotatable bonds is 2. The normalized spacial score (nSPS) is 11.2. The average Bonchev–Trinajstić information content (AvgIpc) is 2.98. The third kappa shape index (κ3) is 2.07. The van der Waals surface area contributed by atoms with Gasteiger partial charge in [-0.1, -0.05) is 0 Å². The summed E-state index contributed by atoms with van der Waals surface area (Å²) in [5, 5.41) is 12.2. The Bertz CT molecular complexity index is 856. The van der Waals surface area contributed by atoms with E-state index in [2.05, 4.69) is 15.5 Å². The molecule has 0 saturated heterocycles. The van der Waals surface area contributed by atoms with Gasteiger partial charge in [-0.2, -0.15) is 10.2 Å². The Hall–Kier alpha value is -2.35. The van der Waals surface area contributed by atoms with Gasteiger partial charge in [0.25, 0.3) is 5.91 Å². The molecule has 0 fully saturated rings. The van der Waals surface area contributed by atoms with E-state index in [1.165, 1.54) is 11.3 Å². The molecule has 3 aromatic rings. The number of fused-ring (bicyclic) bond motifs is 1. The lowest BCUT2D eigenvalue weighted by Crippen LogP contribution is -2.12. The summed E-state index contributed by atoms with van der Waals surface area (Å²) in [5.74, 6) is -0.218. The smallest absolute Gasteiger partial charge is 0.268 e. The lowest BCUT2D eigenvalue weighted by molar-refractivity contribution is 0.103. The first-order valence-corrected chi connectivity index (χ1v) is 7.23. The summed E-state index contributed by atoms with van der Waals surface area (Å²) in [6.45, 7) is 3.73.